The van der Waals surface area contributed by atoms with E-state index in [9.17, 15) is 18.4 Å². The van der Waals surface area contributed by atoms with Crippen LogP contribution in [0.3, 0.4) is 0 Å². The van der Waals surface area contributed by atoms with Gasteiger partial charge in [-0.3, -0.25) is 9.59 Å². The van der Waals surface area contributed by atoms with Gasteiger partial charge in [-0.1, -0.05) is 30.3 Å². The Morgan fingerprint density at radius 3 is 2.41 bits per heavy atom. The molecule has 27 heavy (non-hydrogen) atoms. The van der Waals surface area contributed by atoms with Crippen LogP contribution in [-0.4, -0.2) is 31.6 Å². The van der Waals surface area contributed by atoms with E-state index in [1.54, 1.807) is 6.92 Å². The van der Waals surface area contributed by atoms with Crippen molar-refractivity contribution in [3.63, 3.8) is 0 Å². The van der Waals surface area contributed by atoms with Crippen molar-refractivity contribution in [2.75, 3.05) is 7.11 Å². The van der Waals surface area contributed by atoms with Crippen molar-refractivity contribution in [1.82, 2.24) is 10.6 Å². The summed E-state index contributed by atoms with van der Waals surface area (Å²) in [6.45, 7) is -1.12. The average Bonchev–Trinajstić information content (AvgIpc) is 2.66. The number of amides is 2. The van der Waals surface area contributed by atoms with Crippen LogP contribution in [-0.2, 0) is 11.3 Å². The van der Waals surface area contributed by atoms with E-state index in [0.29, 0.717) is 6.54 Å². The molecule has 6 nitrogen and oxygen atoms in total. The van der Waals surface area contributed by atoms with Gasteiger partial charge in [-0.05, 0) is 30.7 Å². The molecule has 1 unspecified atom stereocenters. The first-order chi connectivity index (χ1) is 12.9. The minimum absolute atomic E-state index is 0.0101. The normalized spacial score (nSPS) is 11.6. The first kappa shape index (κ1) is 20.2. The molecule has 2 amide bonds. The highest BCUT2D eigenvalue weighted by atomic mass is 19.3. The van der Waals surface area contributed by atoms with Crippen LogP contribution >= 0.6 is 0 Å². The number of hydrogen-bond donors (Lipinski definition) is 2. The molecule has 0 aromatic heterocycles. The van der Waals surface area contributed by atoms with Gasteiger partial charge in [0.05, 0.1) is 7.11 Å². The molecule has 8 heteroatoms. The van der Waals surface area contributed by atoms with Crippen molar-refractivity contribution < 1.29 is 27.8 Å². The van der Waals surface area contributed by atoms with Gasteiger partial charge in [-0.25, -0.2) is 0 Å². The SMILES string of the molecule is COc1cc(C(=O)NC(C)C(=O)NCc2ccccc2)ccc1OC(F)F. The lowest BCUT2D eigenvalue weighted by Gasteiger charge is -2.15. The van der Waals surface area contributed by atoms with Crippen molar-refractivity contribution in [2.24, 2.45) is 0 Å². The Bertz CT molecular complexity index is 785. The molecular formula is C19H20F2N2O4. The third-order valence-electron chi connectivity index (χ3n) is 3.69. The minimum atomic E-state index is -3.01. The standard InChI is InChI=1S/C19H20F2N2O4/c1-12(17(24)22-11-13-6-4-3-5-7-13)23-18(25)14-8-9-15(27-19(20)21)16(10-14)26-2/h3-10,12,19H,11H2,1-2H3,(H,22,24)(H,23,25). The Kier molecular flexibility index (Phi) is 7.10. The highest BCUT2D eigenvalue weighted by Gasteiger charge is 2.18. The van der Waals surface area contributed by atoms with Crippen LogP contribution in [0.15, 0.2) is 48.5 Å². The molecule has 1 atom stereocenters. The minimum Gasteiger partial charge on any atom is -0.493 e. The topological polar surface area (TPSA) is 76.7 Å². The maximum absolute atomic E-state index is 12.4. The molecule has 2 aromatic rings. The number of nitrogens with one attached hydrogen (secondary N) is 2. The van der Waals surface area contributed by atoms with Gasteiger partial charge in [0.15, 0.2) is 11.5 Å². The average molecular weight is 378 g/mol. The third-order valence-corrected chi connectivity index (χ3v) is 3.69. The molecule has 0 radical (unpaired) electrons. The molecule has 0 saturated heterocycles. The second kappa shape index (κ2) is 9.51. The summed E-state index contributed by atoms with van der Waals surface area (Å²) in [7, 11) is 1.27. The summed E-state index contributed by atoms with van der Waals surface area (Å²) in [5.74, 6) is -1.09. The quantitative estimate of drug-likeness (QED) is 0.741. The lowest BCUT2D eigenvalue weighted by atomic mass is 10.1. The molecule has 0 fully saturated rings. The molecule has 144 valence electrons. The lowest BCUT2D eigenvalue weighted by Crippen LogP contribution is -2.44. The van der Waals surface area contributed by atoms with E-state index in [4.69, 9.17) is 4.74 Å². The zero-order valence-electron chi connectivity index (χ0n) is 14.9. The van der Waals surface area contributed by atoms with E-state index < -0.39 is 18.6 Å². The summed E-state index contributed by atoms with van der Waals surface area (Å²) in [6, 6.07) is 12.3. The number of rotatable bonds is 8. The predicted octanol–water partition coefficient (Wildman–Crippen LogP) is 2.73. The molecule has 0 bridgehead atoms. The molecule has 2 N–H and O–H groups in total. The molecule has 0 spiro atoms. The van der Waals surface area contributed by atoms with Gasteiger partial charge in [-0.15, -0.1) is 0 Å². The van der Waals surface area contributed by atoms with E-state index in [1.165, 1.54) is 25.3 Å². The Morgan fingerprint density at radius 2 is 1.78 bits per heavy atom. The second-order valence-electron chi connectivity index (χ2n) is 5.64. The van der Waals surface area contributed by atoms with Crippen molar-refractivity contribution in [1.29, 1.82) is 0 Å². The second-order valence-corrected chi connectivity index (χ2v) is 5.64. The molecule has 0 saturated carbocycles. The fraction of sp³-hybridized carbons (Fsp3) is 0.263. The number of ether oxygens (including phenoxy) is 2. The Morgan fingerprint density at radius 1 is 1.07 bits per heavy atom. The van der Waals surface area contributed by atoms with Crippen molar-refractivity contribution in [3.05, 3.63) is 59.7 Å². The monoisotopic (exact) mass is 378 g/mol. The van der Waals surface area contributed by atoms with Crippen molar-refractivity contribution >= 4 is 11.8 Å². The third kappa shape index (κ3) is 5.95. The van der Waals surface area contributed by atoms with E-state index in [2.05, 4.69) is 15.4 Å². The van der Waals surface area contributed by atoms with Crippen LogP contribution in [0.1, 0.15) is 22.8 Å². The molecule has 0 aliphatic heterocycles. The molecule has 2 aromatic carbocycles. The summed E-state index contributed by atoms with van der Waals surface area (Å²) in [5, 5.41) is 5.28. The molecule has 0 aliphatic rings. The molecule has 2 rings (SSSR count). The number of alkyl halides is 2. The Labute approximate surface area is 155 Å². The smallest absolute Gasteiger partial charge is 0.387 e. The fourth-order valence-corrected chi connectivity index (χ4v) is 2.29. The van der Waals surface area contributed by atoms with Gasteiger partial charge in [0.2, 0.25) is 5.91 Å². The van der Waals surface area contributed by atoms with Gasteiger partial charge in [-0.2, -0.15) is 8.78 Å². The van der Waals surface area contributed by atoms with Crippen LogP contribution in [0.5, 0.6) is 11.5 Å². The van der Waals surface area contributed by atoms with Crippen LogP contribution in [0, 0.1) is 0 Å². The summed E-state index contributed by atoms with van der Waals surface area (Å²) in [5.41, 5.74) is 1.08. The maximum atomic E-state index is 12.4. The van der Waals surface area contributed by atoms with Gasteiger partial charge in [0, 0.05) is 12.1 Å². The fourth-order valence-electron chi connectivity index (χ4n) is 2.29. The highest BCUT2D eigenvalue weighted by molar-refractivity contribution is 5.97. The van der Waals surface area contributed by atoms with Crippen molar-refractivity contribution in [3.8, 4) is 11.5 Å². The molecular weight excluding hydrogens is 358 g/mol. The van der Waals surface area contributed by atoms with E-state index in [0.717, 1.165) is 5.56 Å². The van der Waals surface area contributed by atoms with Gasteiger partial charge < -0.3 is 20.1 Å². The Balaban J connectivity index is 1.95. The summed E-state index contributed by atoms with van der Waals surface area (Å²) in [4.78, 5) is 24.4. The molecule has 0 aliphatic carbocycles. The zero-order chi connectivity index (χ0) is 19.8. The summed E-state index contributed by atoms with van der Waals surface area (Å²) < 4.78 is 34.0. The van der Waals surface area contributed by atoms with Crippen LogP contribution < -0.4 is 20.1 Å². The van der Waals surface area contributed by atoms with E-state index in [1.807, 2.05) is 30.3 Å². The van der Waals surface area contributed by atoms with Crippen LogP contribution in [0.25, 0.3) is 0 Å². The number of methoxy groups -OCH3 is 1. The number of carbonyl (C=O) groups excluding carboxylic acids is 2. The van der Waals surface area contributed by atoms with E-state index >= 15 is 0 Å². The number of hydrogen-bond acceptors (Lipinski definition) is 4. The van der Waals surface area contributed by atoms with Gasteiger partial charge >= 0.3 is 6.61 Å². The van der Waals surface area contributed by atoms with Crippen molar-refractivity contribution in [2.45, 2.75) is 26.1 Å². The number of halogens is 2. The predicted molar refractivity (Wildman–Crippen MR) is 94.8 cm³/mol. The maximum Gasteiger partial charge on any atom is 0.387 e. The van der Waals surface area contributed by atoms with Crippen LogP contribution in [0.4, 0.5) is 8.78 Å². The lowest BCUT2D eigenvalue weighted by molar-refractivity contribution is -0.122. The summed E-state index contributed by atoms with van der Waals surface area (Å²) in [6.07, 6.45) is 0. The first-order valence-electron chi connectivity index (χ1n) is 8.16. The van der Waals surface area contributed by atoms with Gasteiger partial charge in [0.1, 0.15) is 6.04 Å². The largest absolute Gasteiger partial charge is 0.493 e. The summed E-state index contributed by atoms with van der Waals surface area (Å²) >= 11 is 0. The van der Waals surface area contributed by atoms with Crippen LogP contribution in [0.2, 0.25) is 0 Å². The Hall–Kier alpha value is -3.16. The number of carbonyl (C=O) groups is 2. The zero-order valence-corrected chi connectivity index (χ0v) is 14.9. The first-order valence-corrected chi connectivity index (χ1v) is 8.16. The number of benzene rings is 2. The molecule has 0 heterocycles. The highest BCUT2D eigenvalue weighted by Crippen LogP contribution is 2.29. The van der Waals surface area contributed by atoms with Gasteiger partial charge in [0.25, 0.3) is 5.91 Å². The van der Waals surface area contributed by atoms with E-state index in [-0.39, 0.29) is 23.0 Å².